The van der Waals surface area contributed by atoms with Crippen LogP contribution in [0.3, 0.4) is 0 Å². The molecule has 128 valence electrons. The van der Waals surface area contributed by atoms with Gasteiger partial charge < -0.3 is 15.4 Å². The number of morpholine rings is 1. The third-order valence-corrected chi connectivity index (χ3v) is 4.03. The van der Waals surface area contributed by atoms with Crippen molar-refractivity contribution in [2.75, 3.05) is 51.3 Å². The highest BCUT2D eigenvalue weighted by Crippen LogP contribution is 2.28. The molecule has 0 atom stereocenters. The number of para-hydroxylation sites is 1. The van der Waals surface area contributed by atoms with E-state index in [1.54, 1.807) is 0 Å². The monoisotopic (exact) mass is 319 g/mol. The number of carbonyl (C=O) groups excluding carboxylic acids is 1. The van der Waals surface area contributed by atoms with Gasteiger partial charge in [0, 0.05) is 31.9 Å². The fraction of sp³-hybridized carbons (Fsp3) is 0.611. The summed E-state index contributed by atoms with van der Waals surface area (Å²) in [7, 11) is 0. The van der Waals surface area contributed by atoms with Gasteiger partial charge in [0.05, 0.1) is 19.8 Å². The fourth-order valence-corrected chi connectivity index (χ4v) is 2.71. The predicted molar refractivity (Wildman–Crippen MR) is 93.9 cm³/mol. The Morgan fingerprint density at radius 3 is 2.61 bits per heavy atom. The van der Waals surface area contributed by atoms with E-state index < -0.39 is 0 Å². The van der Waals surface area contributed by atoms with Gasteiger partial charge in [-0.05, 0) is 17.0 Å². The van der Waals surface area contributed by atoms with E-state index in [2.05, 4.69) is 42.4 Å². The number of hydrogen-bond acceptors (Lipinski definition) is 4. The topological polar surface area (TPSA) is 53.6 Å². The smallest absolute Gasteiger partial charge is 0.239 e. The van der Waals surface area contributed by atoms with Crippen LogP contribution in [0.15, 0.2) is 24.3 Å². The number of nitrogens with zero attached hydrogens (tertiary/aromatic N) is 1. The zero-order valence-corrected chi connectivity index (χ0v) is 14.5. The first kappa shape index (κ1) is 17.8. The lowest BCUT2D eigenvalue weighted by Crippen LogP contribution is -2.42. The van der Waals surface area contributed by atoms with Gasteiger partial charge in [-0.3, -0.25) is 9.69 Å². The van der Waals surface area contributed by atoms with Crippen LogP contribution in [0.2, 0.25) is 0 Å². The Kier molecular flexibility index (Phi) is 6.42. The molecule has 23 heavy (non-hydrogen) atoms. The Hall–Kier alpha value is -1.59. The molecule has 0 aliphatic carbocycles. The molecule has 0 bridgehead atoms. The Labute approximate surface area is 139 Å². The molecule has 2 rings (SSSR count). The number of hydrogen-bond donors (Lipinski definition) is 2. The standard InChI is InChI=1S/C18H29N3O2/c1-18(2,3)15-6-4-5-7-16(15)20-14-17(22)19-8-9-21-10-12-23-13-11-21/h4-7,20H,8-14H2,1-3H3,(H,19,22). The van der Waals surface area contributed by atoms with Crippen molar-refractivity contribution in [3.05, 3.63) is 29.8 Å². The summed E-state index contributed by atoms with van der Waals surface area (Å²) in [6, 6.07) is 8.17. The van der Waals surface area contributed by atoms with Gasteiger partial charge in [0.1, 0.15) is 0 Å². The lowest BCUT2D eigenvalue weighted by atomic mass is 9.86. The third-order valence-electron chi connectivity index (χ3n) is 4.03. The summed E-state index contributed by atoms with van der Waals surface area (Å²) in [5.41, 5.74) is 2.31. The maximum absolute atomic E-state index is 12.0. The molecule has 0 aromatic heterocycles. The Morgan fingerprint density at radius 2 is 1.91 bits per heavy atom. The zero-order valence-electron chi connectivity index (χ0n) is 14.5. The molecule has 1 aliphatic rings. The first-order chi connectivity index (χ1) is 11.0. The average Bonchev–Trinajstić information content (AvgIpc) is 2.53. The van der Waals surface area contributed by atoms with E-state index in [4.69, 9.17) is 4.74 Å². The van der Waals surface area contributed by atoms with Gasteiger partial charge in [-0.15, -0.1) is 0 Å². The van der Waals surface area contributed by atoms with Crippen molar-refractivity contribution in [1.29, 1.82) is 0 Å². The molecule has 1 saturated heterocycles. The molecule has 5 nitrogen and oxygen atoms in total. The van der Waals surface area contributed by atoms with Crippen LogP contribution in [0.4, 0.5) is 5.69 Å². The molecule has 1 fully saturated rings. The van der Waals surface area contributed by atoms with Crippen LogP contribution in [0.5, 0.6) is 0 Å². The normalized spacial score (nSPS) is 16.1. The first-order valence-electron chi connectivity index (χ1n) is 8.37. The van der Waals surface area contributed by atoms with Crippen LogP contribution in [0.1, 0.15) is 26.3 Å². The van der Waals surface area contributed by atoms with E-state index in [1.807, 2.05) is 18.2 Å². The van der Waals surface area contributed by atoms with E-state index in [0.29, 0.717) is 13.1 Å². The van der Waals surface area contributed by atoms with Crippen molar-refractivity contribution >= 4 is 11.6 Å². The van der Waals surface area contributed by atoms with E-state index in [9.17, 15) is 4.79 Å². The van der Waals surface area contributed by atoms with Crippen molar-refractivity contribution < 1.29 is 9.53 Å². The fourth-order valence-electron chi connectivity index (χ4n) is 2.71. The summed E-state index contributed by atoms with van der Waals surface area (Å²) in [5.74, 6) is 0.0296. The maximum atomic E-state index is 12.0. The number of carbonyl (C=O) groups is 1. The summed E-state index contributed by atoms with van der Waals surface area (Å²) < 4.78 is 5.31. The van der Waals surface area contributed by atoms with Crippen molar-refractivity contribution in [1.82, 2.24) is 10.2 Å². The van der Waals surface area contributed by atoms with Gasteiger partial charge in [0.2, 0.25) is 5.91 Å². The van der Waals surface area contributed by atoms with E-state index >= 15 is 0 Å². The lowest BCUT2D eigenvalue weighted by Gasteiger charge is -2.26. The molecule has 1 aromatic rings. The molecular weight excluding hydrogens is 290 g/mol. The molecule has 1 aliphatic heterocycles. The Morgan fingerprint density at radius 1 is 1.22 bits per heavy atom. The Balaban J connectivity index is 1.74. The SMILES string of the molecule is CC(C)(C)c1ccccc1NCC(=O)NCCN1CCOCC1. The highest BCUT2D eigenvalue weighted by atomic mass is 16.5. The number of amides is 1. The molecule has 5 heteroatoms. The van der Waals surface area contributed by atoms with Crippen LogP contribution in [0.25, 0.3) is 0 Å². The van der Waals surface area contributed by atoms with Crippen LogP contribution < -0.4 is 10.6 Å². The van der Waals surface area contributed by atoms with E-state index in [1.165, 1.54) is 5.56 Å². The van der Waals surface area contributed by atoms with Gasteiger partial charge in [-0.25, -0.2) is 0 Å². The summed E-state index contributed by atoms with van der Waals surface area (Å²) in [4.78, 5) is 14.3. The summed E-state index contributed by atoms with van der Waals surface area (Å²) in [5, 5.41) is 6.24. The van der Waals surface area contributed by atoms with E-state index in [0.717, 1.165) is 38.5 Å². The molecule has 0 spiro atoms. The van der Waals surface area contributed by atoms with Crippen LogP contribution in [-0.4, -0.2) is 56.7 Å². The number of ether oxygens (including phenoxy) is 1. The first-order valence-corrected chi connectivity index (χ1v) is 8.37. The molecule has 0 unspecified atom stereocenters. The highest BCUT2D eigenvalue weighted by molar-refractivity contribution is 5.81. The quantitative estimate of drug-likeness (QED) is 0.840. The minimum Gasteiger partial charge on any atom is -0.379 e. The molecule has 1 amide bonds. The number of nitrogens with one attached hydrogen (secondary N) is 2. The van der Waals surface area contributed by atoms with Gasteiger partial charge >= 0.3 is 0 Å². The molecule has 0 saturated carbocycles. The van der Waals surface area contributed by atoms with Gasteiger partial charge in [-0.2, -0.15) is 0 Å². The summed E-state index contributed by atoms with van der Waals surface area (Å²) in [6.45, 7) is 11.9. The number of anilines is 1. The lowest BCUT2D eigenvalue weighted by molar-refractivity contribution is -0.119. The van der Waals surface area contributed by atoms with Crippen molar-refractivity contribution in [2.45, 2.75) is 26.2 Å². The molecular formula is C18H29N3O2. The van der Waals surface area contributed by atoms with Crippen LogP contribution in [-0.2, 0) is 14.9 Å². The maximum Gasteiger partial charge on any atom is 0.239 e. The minimum atomic E-state index is 0.0296. The molecule has 2 N–H and O–H groups in total. The van der Waals surface area contributed by atoms with Crippen molar-refractivity contribution in [3.8, 4) is 0 Å². The zero-order chi connectivity index (χ0) is 16.7. The van der Waals surface area contributed by atoms with Crippen molar-refractivity contribution in [2.24, 2.45) is 0 Å². The van der Waals surface area contributed by atoms with Crippen LogP contribution >= 0.6 is 0 Å². The molecule has 1 heterocycles. The second-order valence-corrected chi connectivity index (χ2v) is 6.95. The van der Waals surface area contributed by atoms with Crippen molar-refractivity contribution in [3.63, 3.8) is 0 Å². The number of rotatable bonds is 6. The summed E-state index contributed by atoms with van der Waals surface area (Å²) >= 11 is 0. The second-order valence-electron chi connectivity index (χ2n) is 6.95. The van der Waals surface area contributed by atoms with Gasteiger partial charge in [0.15, 0.2) is 0 Å². The largest absolute Gasteiger partial charge is 0.379 e. The summed E-state index contributed by atoms with van der Waals surface area (Å²) in [6.07, 6.45) is 0. The minimum absolute atomic E-state index is 0.0296. The van der Waals surface area contributed by atoms with Crippen LogP contribution in [0, 0.1) is 0 Å². The average molecular weight is 319 g/mol. The molecule has 0 radical (unpaired) electrons. The highest BCUT2D eigenvalue weighted by Gasteiger charge is 2.17. The Bertz CT molecular complexity index is 505. The predicted octanol–water partition coefficient (Wildman–Crippen LogP) is 1.84. The van der Waals surface area contributed by atoms with Gasteiger partial charge in [0.25, 0.3) is 0 Å². The van der Waals surface area contributed by atoms with Gasteiger partial charge in [-0.1, -0.05) is 39.0 Å². The molecule has 1 aromatic carbocycles. The second kappa shape index (κ2) is 8.31. The van der Waals surface area contributed by atoms with E-state index in [-0.39, 0.29) is 11.3 Å². The third kappa shape index (κ3) is 5.84. The number of benzene rings is 1.